The number of hydrogen-bond acceptors (Lipinski definition) is 4. The van der Waals surface area contributed by atoms with Gasteiger partial charge in [0.25, 0.3) is 0 Å². The summed E-state index contributed by atoms with van der Waals surface area (Å²) in [6.07, 6.45) is 0. The Bertz CT molecular complexity index is 728. The van der Waals surface area contributed by atoms with E-state index in [-0.39, 0.29) is 11.7 Å². The van der Waals surface area contributed by atoms with Crippen LogP contribution in [-0.2, 0) is 4.79 Å². The first-order valence-electron chi connectivity index (χ1n) is 9.29. The van der Waals surface area contributed by atoms with E-state index in [1.165, 1.54) is 22.6 Å². The Morgan fingerprint density at radius 3 is 2.37 bits per heavy atom. The number of carbonyl (C=O) groups excluding carboxylic acids is 1. The third kappa shape index (κ3) is 6.26. The number of thioether (sulfide) groups is 1. The van der Waals surface area contributed by atoms with Crippen LogP contribution in [0, 0.1) is 12.7 Å². The van der Waals surface area contributed by atoms with E-state index in [4.69, 9.17) is 0 Å². The van der Waals surface area contributed by atoms with Crippen molar-refractivity contribution in [2.45, 2.75) is 11.8 Å². The first-order valence-corrected chi connectivity index (χ1v) is 10.3. The molecule has 1 fully saturated rings. The fourth-order valence-corrected chi connectivity index (χ4v) is 3.84. The number of rotatable bonds is 7. The van der Waals surface area contributed by atoms with E-state index in [1.54, 1.807) is 11.8 Å². The molecule has 1 aliphatic rings. The van der Waals surface area contributed by atoms with Gasteiger partial charge in [0.2, 0.25) is 5.91 Å². The zero-order chi connectivity index (χ0) is 19.1. The van der Waals surface area contributed by atoms with E-state index in [1.807, 2.05) is 12.1 Å². The van der Waals surface area contributed by atoms with Crippen LogP contribution in [0.2, 0.25) is 0 Å². The van der Waals surface area contributed by atoms with Gasteiger partial charge in [0.1, 0.15) is 5.82 Å². The molecule has 0 spiro atoms. The SMILES string of the molecule is Cc1ccc(SCCNC(=O)CN2CCN(c3ccc(F)cc3)CC2)cc1. The molecule has 1 N–H and O–H groups in total. The standard InChI is InChI=1S/C21H26FN3OS/c1-17-2-8-20(9-3-17)27-15-10-23-21(26)16-24-11-13-25(14-12-24)19-6-4-18(22)5-7-19/h2-9H,10-16H2,1H3,(H,23,26). The molecule has 1 heterocycles. The second-order valence-electron chi connectivity index (χ2n) is 6.75. The van der Waals surface area contributed by atoms with Gasteiger partial charge in [0.05, 0.1) is 6.54 Å². The van der Waals surface area contributed by atoms with Gasteiger partial charge in [-0.2, -0.15) is 0 Å². The van der Waals surface area contributed by atoms with Crippen LogP contribution < -0.4 is 10.2 Å². The fraction of sp³-hybridized carbons (Fsp3) is 0.381. The maximum absolute atomic E-state index is 13.0. The lowest BCUT2D eigenvalue weighted by Crippen LogP contribution is -2.49. The fourth-order valence-electron chi connectivity index (χ4n) is 3.07. The van der Waals surface area contributed by atoms with Crippen LogP contribution in [-0.4, -0.2) is 55.8 Å². The van der Waals surface area contributed by atoms with Gasteiger partial charge >= 0.3 is 0 Å². The molecule has 0 bridgehead atoms. The minimum Gasteiger partial charge on any atom is -0.369 e. The Morgan fingerprint density at radius 1 is 1.04 bits per heavy atom. The van der Waals surface area contributed by atoms with Crippen molar-refractivity contribution < 1.29 is 9.18 Å². The van der Waals surface area contributed by atoms with Crippen LogP contribution in [0.4, 0.5) is 10.1 Å². The summed E-state index contributed by atoms with van der Waals surface area (Å²) in [5.74, 6) is 0.733. The molecule has 27 heavy (non-hydrogen) atoms. The number of piperazine rings is 1. The second kappa shape index (κ2) is 9.76. The minimum atomic E-state index is -0.213. The highest BCUT2D eigenvalue weighted by atomic mass is 32.2. The molecule has 4 nitrogen and oxygen atoms in total. The summed E-state index contributed by atoms with van der Waals surface area (Å²) in [4.78, 5) is 17.8. The number of anilines is 1. The first kappa shape index (κ1) is 19.7. The zero-order valence-electron chi connectivity index (χ0n) is 15.7. The van der Waals surface area contributed by atoms with E-state index in [2.05, 4.69) is 46.3 Å². The second-order valence-corrected chi connectivity index (χ2v) is 7.92. The van der Waals surface area contributed by atoms with Gasteiger partial charge in [0, 0.05) is 49.1 Å². The first-order chi connectivity index (χ1) is 13.1. The highest BCUT2D eigenvalue weighted by Gasteiger charge is 2.19. The molecule has 0 radical (unpaired) electrons. The number of halogens is 1. The summed E-state index contributed by atoms with van der Waals surface area (Å²) in [6.45, 7) is 6.56. The summed E-state index contributed by atoms with van der Waals surface area (Å²) in [6, 6.07) is 15.0. The van der Waals surface area contributed by atoms with E-state index < -0.39 is 0 Å². The monoisotopic (exact) mass is 387 g/mol. The van der Waals surface area contributed by atoms with Gasteiger partial charge in [-0.3, -0.25) is 9.69 Å². The van der Waals surface area contributed by atoms with Gasteiger partial charge < -0.3 is 10.2 Å². The summed E-state index contributed by atoms with van der Waals surface area (Å²) in [5.41, 5.74) is 2.29. The maximum atomic E-state index is 13.0. The number of hydrogen-bond donors (Lipinski definition) is 1. The van der Waals surface area contributed by atoms with Crippen molar-refractivity contribution in [2.24, 2.45) is 0 Å². The molecule has 2 aromatic rings. The van der Waals surface area contributed by atoms with Gasteiger partial charge in [-0.25, -0.2) is 4.39 Å². The molecule has 6 heteroatoms. The van der Waals surface area contributed by atoms with Crippen molar-refractivity contribution in [1.82, 2.24) is 10.2 Å². The molecule has 1 saturated heterocycles. The van der Waals surface area contributed by atoms with Gasteiger partial charge in [-0.15, -0.1) is 11.8 Å². The van der Waals surface area contributed by atoms with Crippen molar-refractivity contribution >= 4 is 23.4 Å². The van der Waals surface area contributed by atoms with Crippen LogP contribution in [0.3, 0.4) is 0 Å². The summed E-state index contributed by atoms with van der Waals surface area (Å²) < 4.78 is 13.0. The summed E-state index contributed by atoms with van der Waals surface area (Å²) >= 11 is 1.75. The predicted octanol–water partition coefficient (Wildman–Crippen LogP) is 3.16. The minimum absolute atomic E-state index is 0.0785. The number of aryl methyl sites for hydroxylation is 1. The van der Waals surface area contributed by atoms with E-state index in [0.717, 1.165) is 37.6 Å². The molecule has 0 unspecified atom stereocenters. The molecule has 0 aliphatic carbocycles. The van der Waals surface area contributed by atoms with Crippen molar-refractivity contribution in [3.05, 3.63) is 59.9 Å². The smallest absolute Gasteiger partial charge is 0.234 e. The lowest BCUT2D eigenvalue weighted by Gasteiger charge is -2.35. The average molecular weight is 388 g/mol. The Labute approximate surface area is 164 Å². The molecule has 2 aromatic carbocycles. The van der Waals surface area contributed by atoms with Gasteiger partial charge in [-0.05, 0) is 43.3 Å². The van der Waals surface area contributed by atoms with E-state index in [9.17, 15) is 9.18 Å². The molecule has 1 aliphatic heterocycles. The van der Waals surface area contributed by atoms with Crippen LogP contribution >= 0.6 is 11.8 Å². The molecule has 0 atom stereocenters. The lowest BCUT2D eigenvalue weighted by atomic mass is 10.2. The van der Waals surface area contributed by atoms with Crippen molar-refractivity contribution in [3.8, 4) is 0 Å². The normalized spacial score (nSPS) is 15.0. The Hall–Kier alpha value is -2.05. The predicted molar refractivity (Wildman–Crippen MR) is 110 cm³/mol. The summed E-state index contributed by atoms with van der Waals surface area (Å²) in [7, 11) is 0. The maximum Gasteiger partial charge on any atom is 0.234 e. The number of nitrogens with one attached hydrogen (secondary N) is 1. The highest BCUT2D eigenvalue weighted by molar-refractivity contribution is 7.99. The Morgan fingerprint density at radius 2 is 1.70 bits per heavy atom. The van der Waals surface area contributed by atoms with Crippen molar-refractivity contribution in [3.63, 3.8) is 0 Å². The lowest BCUT2D eigenvalue weighted by molar-refractivity contribution is -0.122. The number of carbonyl (C=O) groups is 1. The molecule has 144 valence electrons. The number of amides is 1. The molecular formula is C21H26FN3OS. The number of nitrogens with zero attached hydrogens (tertiary/aromatic N) is 2. The van der Waals surface area contributed by atoms with Crippen molar-refractivity contribution in [1.29, 1.82) is 0 Å². The third-order valence-electron chi connectivity index (χ3n) is 4.65. The van der Waals surface area contributed by atoms with Crippen LogP contribution in [0.5, 0.6) is 0 Å². The summed E-state index contributed by atoms with van der Waals surface area (Å²) in [5, 5.41) is 3.00. The molecule has 0 saturated carbocycles. The average Bonchev–Trinajstić information content (AvgIpc) is 2.68. The topological polar surface area (TPSA) is 35.6 Å². The molecular weight excluding hydrogens is 361 g/mol. The molecule has 3 rings (SSSR count). The molecule has 0 aromatic heterocycles. The van der Waals surface area contributed by atoms with Crippen LogP contribution in [0.15, 0.2) is 53.4 Å². The Kier molecular flexibility index (Phi) is 7.12. The third-order valence-corrected chi connectivity index (χ3v) is 5.66. The Balaban J connectivity index is 1.32. The zero-order valence-corrected chi connectivity index (χ0v) is 16.5. The van der Waals surface area contributed by atoms with Crippen molar-refractivity contribution in [2.75, 3.05) is 49.9 Å². The van der Waals surface area contributed by atoms with Crippen LogP contribution in [0.1, 0.15) is 5.56 Å². The van der Waals surface area contributed by atoms with Gasteiger partial charge in [0.15, 0.2) is 0 Å². The van der Waals surface area contributed by atoms with E-state index in [0.29, 0.717) is 13.1 Å². The largest absolute Gasteiger partial charge is 0.369 e. The van der Waals surface area contributed by atoms with E-state index >= 15 is 0 Å². The quantitative estimate of drug-likeness (QED) is 0.585. The van der Waals surface area contributed by atoms with Crippen LogP contribution in [0.25, 0.3) is 0 Å². The molecule has 1 amide bonds. The van der Waals surface area contributed by atoms with Gasteiger partial charge in [-0.1, -0.05) is 17.7 Å². The highest BCUT2D eigenvalue weighted by Crippen LogP contribution is 2.18. The number of benzene rings is 2.